The Morgan fingerprint density at radius 3 is 2.95 bits per heavy atom. The number of hydrogen-bond acceptors (Lipinski definition) is 5. The molecule has 2 heterocycles. The Balaban J connectivity index is 1.96. The van der Waals surface area contributed by atoms with E-state index >= 15 is 0 Å². The van der Waals surface area contributed by atoms with Gasteiger partial charge in [-0.2, -0.15) is 0 Å². The summed E-state index contributed by atoms with van der Waals surface area (Å²) in [5, 5.41) is 0.613. The molecule has 0 bridgehead atoms. The third-order valence-corrected chi connectivity index (χ3v) is 5.68. The van der Waals surface area contributed by atoms with Crippen molar-refractivity contribution in [3.05, 3.63) is 29.0 Å². The Morgan fingerprint density at radius 1 is 1.58 bits per heavy atom. The molecule has 106 valence electrons. The molecule has 0 saturated carbocycles. The molecule has 1 aliphatic heterocycles. The molecular weight excluding hydrogens is 286 g/mol. The van der Waals surface area contributed by atoms with Crippen molar-refractivity contribution < 1.29 is 8.42 Å². The molecule has 1 aromatic heterocycles. The van der Waals surface area contributed by atoms with Crippen LogP contribution in [-0.4, -0.2) is 30.9 Å². The number of pyridine rings is 1. The van der Waals surface area contributed by atoms with Gasteiger partial charge in [0.05, 0.1) is 16.5 Å². The number of hydrogen-bond donors (Lipinski definition) is 2. The molecule has 0 amide bonds. The van der Waals surface area contributed by atoms with Gasteiger partial charge in [0, 0.05) is 18.4 Å². The van der Waals surface area contributed by atoms with Gasteiger partial charge in [-0.3, -0.25) is 16.3 Å². The Labute approximate surface area is 118 Å². The lowest BCUT2D eigenvalue weighted by Crippen LogP contribution is -2.38. The first-order valence-electron chi connectivity index (χ1n) is 6.25. The topological polar surface area (TPSA) is 85.1 Å². The monoisotopic (exact) mass is 303 g/mol. The average Bonchev–Trinajstić information content (AvgIpc) is 2.70. The van der Waals surface area contributed by atoms with Crippen molar-refractivity contribution in [1.29, 1.82) is 0 Å². The number of aromatic nitrogens is 1. The molecule has 2 rings (SSSR count). The summed E-state index contributed by atoms with van der Waals surface area (Å²) in [6.07, 6.45) is 5.44. The fourth-order valence-electron chi connectivity index (χ4n) is 2.51. The standard InChI is InChI=1S/C12H18ClN3O2S/c13-12-7-15-3-1-10(12)6-11(16-14)5-9-2-4-19(17,18)8-9/h1,3,7,9,11,16H,2,4-6,8,14H2. The van der Waals surface area contributed by atoms with Crippen LogP contribution in [0.25, 0.3) is 0 Å². The van der Waals surface area contributed by atoms with Crippen molar-refractivity contribution in [2.24, 2.45) is 11.8 Å². The van der Waals surface area contributed by atoms with Crippen LogP contribution < -0.4 is 11.3 Å². The zero-order valence-corrected chi connectivity index (χ0v) is 12.1. The van der Waals surface area contributed by atoms with Gasteiger partial charge >= 0.3 is 0 Å². The van der Waals surface area contributed by atoms with Crippen LogP contribution in [0.5, 0.6) is 0 Å². The SMILES string of the molecule is NNC(Cc1ccncc1Cl)CC1CCS(=O)(=O)C1. The minimum atomic E-state index is -2.83. The van der Waals surface area contributed by atoms with E-state index in [2.05, 4.69) is 10.4 Å². The van der Waals surface area contributed by atoms with Crippen molar-refractivity contribution in [3.63, 3.8) is 0 Å². The number of nitrogens with two attached hydrogens (primary N) is 1. The minimum absolute atomic E-state index is 0.0261. The molecule has 7 heteroatoms. The first-order valence-corrected chi connectivity index (χ1v) is 8.45. The van der Waals surface area contributed by atoms with Crippen molar-refractivity contribution in [1.82, 2.24) is 10.4 Å². The number of halogens is 1. The summed E-state index contributed by atoms with van der Waals surface area (Å²) in [6.45, 7) is 0. The molecule has 2 atom stereocenters. The number of rotatable bonds is 5. The lowest BCUT2D eigenvalue weighted by atomic mass is 9.95. The third-order valence-electron chi connectivity index (χ3n) is 3.50. The summed E-state index contributed by atoms with van der Waals surface area (Å²) in [5.41, 5.74) is 3.73. The molecule has 1 aromatic rings. The van der Waals surface area contributed by atoms with Crippen LogP contribution >= 0.6 is 11.6 Å². The fraction of sp³-hybridized carbons (Fsp3) is 0.583. The third kappa shape index (κ3) is 4.14. The number of nitrogens with zero attached hydrogens (tertiary/aromatic N) is 1. The maximum Gasteiger partial charge on any atom is 0.150 e. The van der Waals surface area contributed by atoms with Gasteiger partial charge in [0.2, 0.25) is 0 Å². The predicted molar refractivity (Wildman–Crippen MR) is 75.4 cm³/mol. The van der Waals surface area contributed by atoms with Crippen LogP contribution in [0, 0.1) is 5.92 Å². The van der Waals surface area contributed by atoms with Crippen molar-refractivity contribution in [2.45, 2.75) is 25.3 Å². The van der Waals surface area contributed by atoms with Crippen LogP contribution in [0.1, 0.15) is 18.4 Å². The molecule has 3 N–H and O–H groups in total. The molecular formula is C12H18ClN3O2S. The van der Waals surface area contributed by atoms with E-state index in [4.69, 9.17) is 17.4 Å². The molecule has 1 aliphatic rings. The highest BCUT2D eigenvalue weighted by molar-refractivity contribution is 7.91. The zero-order chi connectivity index (χ0) is 13.9. The van der Waals surface area contributed by atoms with Gasteiger partial charge in [-0.1, -0.05) is 11.6 Å². The van der Waals surface area contributed by atoms with Crippen molar-refractivity contribution in [3.8, 4) is 0 Å². The van der Waals surface area contributed by atoms with E-state index in [-0.39, 0.29) is 17.7 Å². The Morgan fingerprint density at radius 2 is 2.37 bits per heavy atom. The summed E-state index contributed by atoms with van der Waals surface area (Å²) in [5.74, 6) is 6.31. The molecule has 0 radical (unpaired) electrons. The molecule has 1 saturated heterocycles. The normalized spacial score (nSPS) is 23.4. The van der Waals surface area contributed by atoms with E-state index in [1.807, 2.05) is 6.07 Å². The van der Waals surface area contributed by atoms with Gasteiger partial charge in [0.15, 0.2) is 9.84 Å². The van der Waals surface area contributed by atoms with E-state index in [9.17, 15) is 8.42 Å². The summed E-state index contributed by atoms with van der Waals surface area (Å²) in [4.78, 5) is 3.94. The van der Waals surface area contributed by atoms with E-state index < -0.39 is 9.84 Å². The van der Waals surface area contributed by atoms with Crippen LogP contribution in [0.15, 0.2) is 18.5 Å². The van der Waals surface area contributed by atoms with E-state index in [0.717, 1.165) is 18.4 Å². The highest BCUT2D eigenvalue weighted by Crippen LogP contribution is 2.25. The largest absolute Gasteiger partial charge is 0.271 e. The zero-order valence-electron chi connectivity index (χ0n) is 10.5. The van der Waals surface area contributed by atoms with Gasteiger partial charge in [-0.05, 0) is 36.8 Å². The molecule has 19 heavy (non-hydrogen) atoms. The average molecular weight is 304 g/mol. The van der Waals surface area contributed by atoms with E-state index in [1.165, 1.54) is 0 Å². The summed E-state index contributed by atoms with van der Waals surface area (Å²) >= 11 is 6.06. The highest BCUT2D eigenvalue weighted by Gasteiger charge is 2.29. The maximum atomic E-state index is 11.4. The van der Waals surface area contributed by atoms with Gasteiger partial charge < -0.3 is 0 Å². The summed E-state index contributed by atoms with van der Waals surface area (Å²) in [6, 6.07) is 1.89. The molecule has 0 aromatic carbocycles. The van der Waals surface area contributed by atoms with Crippen LogP contribution in [0.2, 0.25) is 5.02 Å². The lowest BCUT2D eigenvalue weighted by molar-refractivity contribution is 0.408. The molecule has 5 nitrogen and oxygen atoms in total. The highest BCUT2D eigenvalue weighted by atomic mass is 35.5. The second-order valence-corrected chi connectivity index (χ2v) is 7.68. The fourth-order valence-corrected chi connectivity index (χ4v) is 4.58. The first kappa shape index (κ1) is 14.7. The predicted octanol–water partition coefficient (Wildman–Crippen LogP) is 0.934. The quantitative estimate of drug-likeness (QED) is 0.624. The number of hydrazine groups is 1. The van der Waals surface area contributed by atoms with Crippen LogP contribution in [-0.2, 0) is 16.3 Å². The van der Waals surface area contributed by atoms with Gasteiger partial charge in [0.25, 0.3) is 0 Å². The van der Waals surface area contributed by atoms with E-state index in [1.54, 1.807) is 12.4 Å². The number of sulfone groups is 1. The van der Waals surface area contributed by atoms with Gasteiger partial charge in [-0.25, -0.2) is 8.42 Å². The molecule has 1 fully saturated rings. The second-order valence-electron chi connectivity index (χ2n) is 5.04. The summed E-state index contributed by atoms with van der Waals surface area (Å²) in [7, 11) is -2.83. The Hall–Kier alpha value is -0.690. The van der Waals surface area contributed by atoms with E-state index in [0.29, 0.717) is 17.2 Å². The number of nitrogens with one attached hydrogen (secondary N) is 1. The molecule has 2 unspecified atom stereocenters. The maximum absolute atomic E-state index is 11.4. The van der Waals surface area contributed by atoms with Gasteiger partial charge in [-0.15, -0.1) is 0 Å². The second kappa shape index (κ2) is 6.17. The molecule has 0 spiro atoms. The minimum Gasteiger partial charge on any atom is -0.271 e. The summed E-state index contributed by atoms with van der Waals surface area (Å²) < 4.78 is 22.9. The first-order chi connectivity index (χ1) is 9.00. The van der Waals surface area contributed by atoms with Crippen LogP contribution in [0.4, 0.5) is 0 Å². The van der Waals surface area contributed by atoms with Crippen molar-refractivity contribution >= 4 is 21.4 Å². The lowest BCUT2D eigenvalue weighted by Gasteiger charge is -2.19. The molecule has 0 aliphatic carbocycles. The van der Waals surface area contributed by atoms with Crippen LogP contribution in [0.3, 0.4) is 0 Å². The van der Waals surface area contributed by atoms with Crippen molar-refractivity contribution in [2.75, 3.05) is 11.5 Å². The smallest absolute Gasteiger partial charge is 0.150 e. The Kier molecular flexibility index (Phi) is 4.78. The van der Waals surface area contributed by atoms with Gasteiger partial charge in [0.1, 0.15) is 0 Å². The Bertz CT molecular complexity index is 536.